The molecule has 2 aliphatic rings. The van der Waals surface area contributed by atoms with Crippen LogP contribution in [0.4, 0.5) is 0 Å². The SMILES string of the molecule is CC1CC(C(=O)NCC2(C)CCN(C)CC2)(C(N)=S)C1. The molecule has 20 heavy (non-hydrogen) atoms. The van der Waals surface area contributed by atoms with Gasteiger partial charge in [0.15, 0.2) is 0 Å². The van der Waals surface area contributed by atoms with E-state index < -0.39 is 5.41 Å². The molecule has 0 spiro atoms. The number of hydrogen-bond donors (Lipinski definition) is 2. The zero-order chi connectivity index (χ0) is 15.0. The summed E-state index contributed by atoms with van der Waals surface area (Å²) in [5.41, 5.74) is 5.45. The molecule has 0 aromatic heterocycles. The molecule has 1 saturated carbocycles. The second-order valence-corrected chi connectivity index (χ2v) is 7.70. The number of carbonyl (C=O) groups excluding carboxylic acids is 1. The fourth-order valence-corrected chi connectivity index (χ4v) is 3.69. The van der Waals surface area contributed by atoms with Crippen molar-refractivity contribution in [2.45, 2.75) is 39.5 Å². The maximum Gasteiger partial charge on any atom is 0.233 e. The Morgan fingerprint density at radius 3 is 2.40 bits per heavy atom. The Morgan fingerprint density at radius 1 is 1.40 bits per heavy atom. The van der Waals surface area contributed by atoms with E-state index in [-0.39, 0.29) is 11.3 Å². The Balaban J connectivity index is 1.90. The van der Waals surface area contributed by atoms with Crippen molar-refractivity contribution in [1.82, 2.24) is 10.2 Å². The van der Waals surface area contributed by atoms with Gasteiger partial charge in [0.25, 0.3) is 0 Å². The van der Waals surface area contributed by atoms with Gasteiger partial charge in [0.1, 0.15) is 0 Å². The van der Waals surface area contributed by atoms with E-state index in [0.29, 0.717) is 10.9 Å². The highest BCUT2D eigenvalue weighted by Gasteiger charge is 2.51. The average Bonchev–Trinajstić information content (AvgIpc) is 2.35. The summed E-state index contributed by atoms with van der Waals surface area (Å²) in [5, 5.41) is 3.13. The Hall–Kier alpha value is -0.680. The molecule has 0 radical (unpaired) electrons. The van der Waals surface area contributed by atoms with Crippen LogP contribution in [0, 0.1) is 16.7 Å². The molecule has 5 heteroatoms. The first-order chi connectivity index (χ1) is 9.27. The molecule has 0 aromatic rings. The summed E-state index contributed by atoms with van der Waals surface area (Å²) in [4.78, 5) is 15.2. The van der Waals surface area contributed by atoms with E-state index in [9.17, 15) is 4.79 Å². The molecule has 114 valence electrons. The van der Waals surface area contributed by atoms with Gasteiger partial charge in [0, 0.05) is 6.54 Å². The third-order valence-electron chi connectivity index (χ3n) is 5.17. The van der Waals surface area contributed by atoms with E-state index in [1.165, 1.54) is 0 Å². The summed E-state index contributed by atoms with van der Waals surface area (Å²) in [5.74, 6) is 0.587. The van der Waals surface area contributed by atoms with Crippen molar-refractivity contribution >= 4 is 23.1 Å². The van der Waals surface area contributed by atoms with Gasteiger partial charge in [-0.1, -0.05) is 26.1 Å². The predicted molar refractivity (Wildman–Crippen MR) is 85.5 cm³/mol. The maximum atomic E-state index is 12.5. The Labute approximate surface area is 127 Å². The molecule has 1 heterocycles. The molecule has 3 N–H and O–H groups in total. The maximum absolute atomic E-state index is 12.5. The Kier molecular flexibility index (Phi) is 4.40. The lowest BCUT2D eigenvalue weighted by molar-refractivity contribution is -0.133. The summed E-state index contributed by atoms with van der Waals surface area (Å²) in [7, 11) is 2.15. The zero-order valence-corrected chi connectivity index (χ0v) is 13.7. The number of amides is 1. The van der Waals surface area contributed by atoms with Crippen molar-refractivity contribution < 1.29 is 4.79 Å². The minimum Gasteiger partial charge on any atom is -0.392 e. The largest absolute Gasteiger partial charge is 0.392 e. The second-order valence-electron chi connectivity index (χ2n) is 7.26. The monoisotopic (exact) mass is 297 g/mol. The fraction of sp³-hybridized carbons (Fsp3) is 0.867. The molecule has 0 bridgehead atoms. The predicted octanol–water partition coefficient (Wildman–Crippen LogP) is 1.54. The number of hydrogen-bond acceptors (Lipinski definition) is 3. The quantitative estimate of drug-likeness (QED) is 0.773. The van der Waals surface area contributed by atoms with Gasteiger partial charge in [-0.25, -0.2) is 0 Å². The average molecular weight is 297 g/mol. The number of nitrogens with zero attached hydrogens (tertiary/aromatic N) is 1. The molecule has 2 rings (SSSR count). The third kappa shape index (κ3) is 2.98. The zero-order valence-electron chi connectivity index (χ0n) is 12.9. The molecule has 1 saturated heterocycles. The van der Waals surface area contributed by atoms with Crippen LogP contribution < -0.4 is 11.1 Å². The molecule has 1 aliphatic carbocycles. The van der Waals surface area contributed by atoms with Crippen molar-refractivity contribution in [3.8, 4) is 0 Å². The Morgan fingerprint density at radius 2 is 1.95 bits per heavy atom. The van der Waals surface area contributed by atoms with Crippen LogP contribution in [0.15, 0.2) is 0 Å². The highest BCUT2D eigenvalue weighted by Crippen LogP contribution is 2.46. The molecular weight excluding hydrogens is 270 g/mol. The van der Waals surface area contributed by atoms with Crippen molar-refractivity contribution in [2.24, 2.45) is 22.5 Å². The van der Waals surface area contributed by atoms with Gasteiger partial charge in [-0.2, -0.15) is 0 Å². The second kappa shape index (κ2) is 5.60. The summed E-state index contributed by atoms with van der Waals surface area (Å²) in [6, 6.07) is 0. The molecule has 0 aromatic carbocycles. The van der Waals surface area contributed by atoms with Crippen molar-refractivity contribution in [3.63, 3.8) is 0 Å². The van der Waals surface area contributed by atoms with Crippen LogP contribution in [0.2, 0.25) is 0 Å². The summed E-state index contributed by atoms with van der Waals surface area (Å²) >= 11 is 5.13. The van der Waals surface area contributed by atoms with Crippen molar-refractivity contribution in [1.29, 1.82) is 0 Å². The lowest BCUT2D eigenvalue weighted by Gasteiger charge is -2.45. The molecule has 4 nitrogen and oxygen atoms in total. The number of nitrogens with two attached hydrogens (primary N) is 1. The van der Waals surface area contributed by atoms with E-state index in [1.54, 1.807) is 0 Å². The summed E-state index contributed by atoms with van der Waals surface area (Å²) < 4.78 is 0. The number of rotatable bonds is 4. The number of likely N-dealkylation sites (tertiary alicyclic amines) is 1. The standard InChI is InChI=1S/C15H27N3OS/c1-11-8-15(9-11,12(16)20)13(19)17-10-14(2)4-6-18(3)7-5-14/h11H,4-10H2,1-3H3,(H2,16,20)(H,17,19). The van der Waals surface area contributed by atoms with Crippen LogP contribution in [-0.2, 0) is 4.79 Å². The molecular formula is C15H27N3OS. The topological polar surface area (TPSA) is 58.4 Å². The third-order valence-corrected chi connectivity index (χ3v) is 5.56. The number of nitrogens with one attached hydrogen (secondary N) is 1. The molecule has 0 unspecified atom stereocenters. The van der Waals surface area contributed by atoms with Crippen LogP contribution in [0.5, 0.6) is 0 Å². The van der Waals surface area contributed by atoms with Crippen LogP contribution in [0.3, 0.4) is 0 Å². The Bertz CT molecular complexity index is 396. The van der Waals surface area contributed by atoms with E-state index in [0.717, 1.165) is 45.3 Å². The number of piperidine rings is 1. The van der Waals surface area contributed by atoms with Gasteiger partial charge in [-0.15, -0.1) is 0 Å². The van der Waals surface area contributed by atoms with Gasteiger partial charge in [-0.05, 0) is 57.2 Å². The van der Waals surface area contributed by atoms with E-state index in [2.05, 4.69) is 31.1 Å². The first-order valence-corrected chi connectivity index (χ1v) is 7.95. The van der Waals surface area contributed by atoms with Crippen LogP contribution >= 0.6 is 12.2 Å². The van der Waals surface area contributed by atoms with Gasteiger partial charge in [0.2, 0.25) is 5.91 Å². The van der Waals surface area contributed by atoms with E-state index in [1.807, 2.05) is 0 Å². The van der Waals surface area contributed by atoms with Crippen molar-refractivity contribution in [3.05, 3.63) is 0 Å². The van der Waals surface area contributed by atoms with Crippen LogP contribution in [0.1, 0.15) is 39.5 Å². The number of thiocarbonyl (C=S) groups is 1. The molecule has 1 amide bonds. The van der Waals surface area contributed by atoms with Gasteiger partial charge >= 0.3 is 0 Å². The minimum absolute atomic E-state index is 0.0447. The van der Waals surface area contributed by atoms with Gasteiger partial charge in [-0.3, -0.25) is 4.79 Å². The smallest absolute Gasteiger partial charge is 0.233 e. The molecule has 2 fully saturated rings. The lowest BCUT2D eigenvalue weighted by atomic mass is 9.62. The van der Waals surface area contributed by atoms with Crippen LogP contribution in [-0.4, -0.2) is 42.5 Å². The van der Waals surface area contributed by atoms with E-state index >= 15 is 0 Å². The van der Waals surface area contributed by atoms with Gasteiger partial charge in [0.05, 0.1) is 10.4 Å². The summed E-state index contributed by atoms with van der Waals surface area (Å²) in [6.45, 7) is 7.34. The van der Waals surface area contributed by atoms with Crippen molar-refractivity contribution in [2.75, 3.05) is 26.7 Å². The van der Waals surface area contributed by atoms with Crippen LogP contribution in [0.25, 0.3) is 0 Å². The normalized spacial score (nSPS) is 33.2. The summed E-state index contributed by atoms with van der Waals surface area (Å²) in [6.07, 6.45) is 3.85. The molecule has 0 atom stereocenters. The highest BCUT2D eigenvalue weighted by atomic mass is 32.1. The number of carbonyl (C=O) groups is 1. The van der Waals surface area contributed by atoms with Gasteiger partial charge < -0.3 is 16.0 Å². The van der Waals surface area contributed by atoms with E-state index in [4.69, 9.17) is 18.0 Å². The minimum atomic E-state index is -0.573. The fourth-order valence-electron chi connectivity index (χ4n) is 3.43. The lowest BCUT2D eigenvalue weighted by Crippen LogP contribution is -2.57. The first kappa shape index (κ1) is 15.7. The highest BCUT2D eigenvalue weighted by molar-refractivity contribution is 7.80. The molecule has 1 aliphatic heterocycles. The first-order valence-electron chi connectivity index (χ1n) is 7.54.